The molecule has 11 rings (SSSR count). The molecule has 1 aromatic heterocycles. The second-order valence-corrected chi connectivity index (χ2v) is 18.2. The van der Waals surface area contributed by atoms with E-state index in [9.17, 15) is 0 Å². The van der Waals surface area contributed by atoms with Crippen molar-refractivity contribution in [2.24, 2.45) is 4.52 Å². The van der Waals surface area contributed by atoms with Gasteiger partial charge in [0.2, 0.25) is 0 Å². The molecule has 12 heteroatoms. The third kappa shape index (κ3) is 1.92. The van der Waals surface area contributed by atoms with Crippen molar-refractivity contribution in [3.05, 3.63) is 78.9 Å². The fraction of sp³-hybridized carbons (Fsp3) is 0. The van der Waals surface area contributed by atoms with Crippen LogP contribution in [-0.2, 0) is 0 Å². The van der Waals surface area contributed by atoms with E-state index in [2.05, 4.69) is 104 Å². The molecule has 0 atom stereocenters. The molecule has 0 aliphatic carbocycles. The fourth-order valence-electron chi connectivity index (χ4n) is 7.27. The average Bonchev–Trinajstić information content (AvgIpc) is 3.81. The maximum atomic E-state index is 6.63. The minimum atomic E-state index is -2.19. The minimum absolute atomic E-state index is 0.0765. The molecular weight excluding hydrogens is 470 g/mol. The van der Waals surface area contributed by atoms with E-state index in [1.807, 2.05) is 0 Å². The first-order valence-corrected chi connectivity index (χ1v) is 16.7. The molecule has 0 saturated carbocycles. The van der Waals surface area contributed by atoms with Gasteiger partial charge in [0.1, 0.15) is 0 Å². The molecule has 36 heavy (non-hydrogen) atoms. The molecule has 157 valence electrons. The van der Waals surface area contributed by atoms with E-state index in [-0.39, 0.29) is 14.2 Å². The first kappa shape index (κ1) is 18.7. The third-order valence-corrected chi connectivity index (χ3v) is 18.0. The number of hydrogen-bond acceptors (Lipinski definition) is 2. The van der Waals surface area contributed by atoms with Crippen molar-refractivity contribution in [3.8, 4) is 17.2 Å². The number of fused-ring (bicyclic) bond motifs is 9. The monoisotopic (exact) mass is 484 g/mol. The SMILES string of the molecule is [B]1B2[B-]P12(N=[P+]1B2[B-]B21)c1ccc2c(c1)B1c3c(cccc3-n3c4ccccc4c4cccc1c43)O2. The van der Waals surface area contributed by atoms with Gasteiger partial charge in [-0.3, -0.25) is 0 Å². The molecule has 0 spiro atoms. The van der Waals surface area contributed by atoms with Crippen molar-refractivity contribution >= 4 is 104 Å². The van der Waals surface area contributed by atoms with Gasteiger partial charge in [0.15, 0.2) is 0 Å². The van der Waals surface area contributed by atoms with E-state index < -0.39 is 6.39 Å². The zero-order valence-corrected chi connectivity index (χ0v) is 21.0. The van der Waals surface area contributed by atoms with Crippen molar-refractivity contribution in [2.75, 3.05) is 0 Å². The number of rotatable bonds is 2. The summed E-state index contributed by atoms with van der Waals surface area (Å²) in [5, 5.41) is 4.12. The van der Waals surface area contributed by atoms with Crippen molar-refractivity contribution in [1.29, 1.82) is 0 Å². The van der Waals surface area contributed by atoms with Crippen LogP contribution in [0.2, 0.25) is 0 Å². The van der Waals surface area contributed by atoms with Crippen LogP contribution < -0.4 is 26.4 Å². The van der Waals surface area contributed by atoms with Gasteiger partial charge in [-0.15, -0.1) is 0 Å². The van der Waals surface area contributed by atoms with Gasteiger partial charge < -0.3 is 0 Å². The molecule has 4 saturated heterocycles. The van der Waals surface area contributed by atoms with Crippen LogP contribution in [0.25, 0.3) is 27.5 Å². The van der Waals surface area contributed by atoms with Crippen LogP contribution in [0.1, 0.15) is 0 Å². The van der Waals surface area contributed by atoms with Gasteiger partial charge in [-0.05, 0) is 0 Å². The van der Waals surface area contributed by atoms with Gasteiger partial charge in [-0.2, -0.15) is 0 Å². The summed E-state index contributed by atoms with van der Waals surface area (Å²) in [4.78, 5) is 0. The zero-order chi connectivity index (χ0) is 23.0. The van der Waals surface area contributed by atoms with Gasteiger partial charge in [-0.1, -0.05) is 0 Å². The number of ether oxygens (including phenoxy) is 1. The Morgan fingerprint density at radius 3 is 2.56 bits per heavy atom. The van der Waals surface area contributed by atoms with Gasteiger partial charge in [0.05, 0.1) is 0 Å². The second kappa shape index (κ2) is 5.50. The molecule has 4 fully saturated rings. The Kier molecular flexibility index (Phi) is 2.85. The van der Waals surface area contributed by atoms with E-state index in [0.29, 0.717) is 6.21 Å². The van der Waals surface area contributed by atoms with E-state index in [0.717, 1.165) is 23.9 Å². The molecule has 5 aromatic rings. The molecule has 7 heterocycles. The summed E-state index contributed by atoms with van der Waals surface area (Å²) in [7, 11) is 2.40. The Morgan fingerprint density at radius 1 is 0.889 bits per heavy atom. The first-order valence-electron chi connectivity index (χ1n) is 12.8. The summed E-state index contributed by atoms with van der Waals surface area (Å²) >= 11 is 0. The van der Waals surface area contributed by atoms with Crippen LogP contribution >= 0.6 is 13.9 Å². The summed E-state index contributed by atoms with van der Waals surface area (Å²) in [5.74, 6) is 1.98. The molecule has 6 aliphatic rings. The maximum absolute atomic E-state index is 6.63. The van der Waals surface area contributed by atoms with E-state index >= 15 is 0 Å². The molecule has 0 bridgehead atoms. The van der Waals surface area contributed by atoms with Crippen LogP contribution in [0.5, 0.6) is 11.5 Å². The predicted molar refractivity (Wildman–Crippen MR) is 162 cm³/mol. The number of para-hydroxylation sites is 2. The number of nitrogens with zero attached hydrogens (tertiary/aromatic N) is 2. The van der Waals surface area contributed by atoms with Crippen LogP contribution in [0.15, 0.2) is 83.4 Å². The van der Waals surface area contributed by atoms with E-state index in [4.69, 9.17) is 9.25 Å². The van der Waals surface area contributed by atoms with Gasteiger partial charge in [0.25, 0.3) is 0 Å². The Labute approximate surface area is 212 Å². The standard InChI is InChI=1S/C24H13B7N2OP2/c1-2-8-19-15(5-1)16-6-3-7-17-24(16)33(19)20-9-4-10-22-23(20)28(17)18-13-14(11-12-21(18)34-22)36(26-29(36)27-36)32-35-30-25-31(30)35/h1-13H/q-1. The van der Waals surface area contributed by atoms with Crippen LogP contribution in [-0.4, -0.2) is 50.8 Å². The summed E-state index contributed by atoms with van der Waals surface area (Å²) in [5.41, 5.74) is 7.84. The van der Waals surface area contributed by atoms with Crippen LogP contribution in [0.4, 0.5) is 0 Å². The van der Waals surface area contributed by atoms with Crippen LogP contribution in [0.3, 0.4) is 0 Å². The topological polar surface area (TPSA) is 26.5 Å². The number of aromatic nitrogens is 1. The molecule has 0 N–H and O–H groups in total. The molecule has 0 amide bonds. The fourth-order valence-corrected chi connectivity index (χ4v) is 16.4. The van der Waals surface area contributed by atoms with Gasteiger partial charge in [0, 0.05) is 0 Å². The normalized spacial score (nSPS) is 21.9. The Balaban J connectivity index is 1.22. The molecule has 3 nitrogen and oxygen atoms in total. The Bertz CT molecular complexity index is 1980. The van der Waals surface area contributed by atoms with Gasteiger partial charge in [-0.25, -0.2) is 0 Å². The molecular formula is C24H13B7N2OP2-. The van der Waals surface area contributed by atoms with Crippen molar-refractivity contribution in [3.63, 3.8) is 0 Å². The predicted octanol–water partition coefficient (Wildman–Crippen LogP) is 2.51. The van der Waals surface area contributed by atoms with Crippen molar-refractivity contribution in [1.82, 2.24) is 4.57 Å². The summed E-state index contributed by atoms with van der Waals surface area (Å²) in [6.45, 7) is 5.36. The molecule has 4 aromatic carbocycles. The Hall–Kier alpha value is -2.54. The van der Waals surface area contributed by atoms with E-state index in [1.165, 1.54) is 49.2 Å². The molecule has 0 unspecified atom stereocenters. The van der Waals surface area contributed by atoms with Crippen molar-refractivity contribution < 1.29 is 4.74 Å². The zero-order valence-electron chi connectivity index (χ0n) is 19.2. The van der Waals surface area contributed by atoms with Crippen molar-refractivity contribution in [2.45, 2.75) is 0 Å². The number of hydrogen-bond donors (Lipinski definition) is 0. The van der Waals surface area contributed by atoms with Gasteiger partial charge >= 0.3 is 213 Å². The first-order chi connectivity index (χ1) is 17.7. The third-order valence-electron chi connectivity index (χ3n) is 9.50. The summed E-state index contributed by atoms with van der Waals surface area (Å²) in [6.07, 6.45) is 0.172. The molecule has 5 radical (unpaired) electrons. The average molecular weight is 483 g/mol. The molecule has 6 aliphatic heterocycles. The number of benzene rings is 4. The summed E-state index contributed by atoms with van der Waals surface area (Å²) < 4.78 is 14.7. The second-order valence-electron chi connectivity index (χ2n) is 11.3. The quantitative estimate of drug-likeness (QED) is 0.275. The van der Waals surface area contributed by atoms with E-state index in [1.54, 1.807) is 0 Å². The summed E-state index contributed by atoms with van der Waals surface area (Å²) in [6, 6.07) is 29.3. The Morgan fingerprint density at radius 2 is 1.72 bits per heavy atom. The van der Waals surface area contributed by atoms with Crippen LogP contribution in [0, 0.1) is 0 Å².